The third-order valence-corrected chi connectivity index (χ3v) is 3.95. The van der Waals surface area contributed by atoms with E-state index in [-0.39, 0.29) is 12.8 Å². The molecule has 20 heavy (non-hydrogen) atoms. The molecule has 0 heterocycles. The lowest BCUT2D eigenvalue weighted by molar-refractivity contribution is -0.153. The van der Waals surface area contributed by atoms with Gasteiger partial charge >= 0.3 is 5.97 Å². The van der Waals surface area contributed by atoms with Crippen LogP contribution < -0.4 is 0 Å². The maximum Gasteiger partial charge on any atom is 0.302 e. The fourth-order valence-corrected chi connectivity index (χ4v) is 2.38. The van der Waals surface area contributed by atoms with Crippen LogP contribution in [0.15, 0.2) is 11.6 Å². The van der Waals surface area contributed by atoms with Crippen molar-refractivity contribution in [2.45, 2.75) is 59.2 Å². The first-order chi connectivity index (χ1) is 8.96. The lowest BCUT2D eigenvalue weighted by atomic mass is 9.72. The third-order valence-electron chi connectivity index (χ3n) is 3.95. The van der Waals surface area contributed by atoms with Crippen LogP contribution in [0.5, 0.6) is 0 Å². The van der Waals surface area contributed by atoms with Crippen LogP contribution in [0, 0.1) is 5.41 Å². The Bertz CT molecular complexity index is 471. The molecule has 0 aromatic rings. The van der Waals surface area contributed by atoms with Gasteiger partial charge in [-0.15, -0.1) is 0 Å². The van der Waals surface area contributed by atoms with Gasteiger partial charge in [0.1, 0.15) is 6.10 Å². The minimum absolute atomic E-state index is 0.0996. The number of carbonyl (C=O) groups excluding carboxylic acids is 3. The summed E-state index contributed by atoms with van der Waals surface area (Å²) in [6.45, 7) is 7.98. The highest BCUT2D eigenvalue weighted by molar-refractivity contribution is 6.43. The quantitative estimate of drug-likeness (QED) is 0.583. The molecule has 5 nitrogen and oxygen atoms in total. The standard InChI is InChI=1S/C15H22O5/c1-9-7-14(3,4)15(5,19)8-11(20-10(2)16)6-12(17)13(9)18/h7,11,19H,6,8H2,1-5H3/b9-7-/t11-,15-/m1/s1. The molecule has 0 aliphatic heterocycles. The van der Waals surface area contributed by atoms with E-state index in [1.807, 2.05) is 0 Å². The second-order valence-corrected chi connectivity index (χ2v) is 6.21. The fraction of sp³-hybridized carbons (Fsp3) is 0.667. The molecular weight excluding hydrogens is 260 g/mol. The zero-order chi connectivity index (χ0) is 15.7. The molecule has 1 aliphatic carbocycles. The first-order valence-electron chi connectivity index (χ1n) is 6.63. The maximum atomic E-state index is 11.9. The van der Waals surface area contributed by atoms with Gasteiger partial charge in [-0.1, -0.05) is 19.9 Å². The number of allylic oxidation sites excluding steroid dienone is 1. The van der Waals surface area contributed by atoms with Crippen molar-refractivity contribution >= 4 is 17.5 Å². The summed E-state index contributed by atoms with van der Waals surface area (Å²) < 4.78 is 5.07. The van der Waals surface area contributed by atoms with E-state index in [2.05, 4.69) is 0 Å². The molecule has 0 amide bonds. The highest BCUT2D eigenvalue weighted by Gasteiger charge is 2.43. The Hall–Kier alpha value is -1.49. The summed E-state index contributed by atoms with van der Waals surface area (Å²) in [5.41, 5.74) is -1.63. The maximum absolute atomic E-state index is 11.9. The number of hydrogen-bond acceptors (Lipinski definition) is 5. The Balaban J connectivity index is 3.23. The molecule has 0 bridgehead atoms. The van der Waals surface area contributed by atoms with Gasteiger partial charge in [-0.3, -0.25) is 14.4 Å². The molecule has 0 aromatic carbocycles. The topological polar surface area (TPSA) is 80.7 Å². The summed E-state index contributed by atoms with van der Waals surface area (Å²) in [6, 6.07) is 0. The van der Waals surface area contributed by atoms with Crippen LogP contribution in [0.25, 0.3) is 0 Å². The van der Waals surface area contributed by atoms with E-state index >= 15 is 0 Å². The van der Waals surface area contributed by atoms with Gasteiger partial charge in [0.25, 0.3) is 0 Å². The lowest BCUT2D eigenvalue weighted by Crippen LogP contribution is -2.44. The first-order valence-corrected chi connectivity index (χ1v) is 6.63. The second kappa shape index (κ2) is 5.48. The van der Waals surface area contributed by atoms with Crippen LogP contribution in [0.4, 0.5) is 0 Å². The molecule has 0 unspecified atom stereocenters. The molecule has 1 aliphatic rings. The molecule has 0 fully saturated rings. The molecule has 112 valence electrons. The van der Waals surface area contributed by atoms with E-state index in [1.54, 1.807) is 33.8 Å². The number of hydrogen-bond donors (Lipinski definition) is 1. The van der Waals surface area contributed by atoms with Gasteiger partial charge in [0.15, 0.2) is 0 Å². The van der Waals surface area contributed by atoms with Crippen molar-refractivity contribution in [3.63, 3.8) is 0 Å². The lowest BCUT2D eigenvalue weighted by Gasteiger charge is -2.39. The van der Waals surface area contributed by atoms with Gasteiger partial charge in [0.05, 0.1) is 12.0 Å². The monoisotopic (exact) mass is 282 g/mol. The minimum atomic E-state index is -1.21. The number of ketones is 2. The molecule has 0 aromatic heterocycles. The number of carbonyl (C=O) groups is 3. The van der Waals surface area contributed by atoms with Crippen LogP contribution >= 0.6 is 0 Å². The van der Waals surface area contributed by atoms with E-state index in [4.69, 9.17) is 4.74 Å². The van der Waals surface area contributed by atoms with Crippen molar-refractivity contribution in [1.29, 1.82) is 0 Å². The van der Waals surface area contributed by atoms with Crippen LogP contribution in [-0.2, 0) is 19.1 Å². The van der Waals surface area contributed by atoms with E-state index in [1.165, 1.54) is 6.92 Å². The predicted molar refractivity (Wildman–Crippen MR) is 73.0 cm³/mol. The van der Waals surface area contributed by atoms with Crippen molar-refractivity contribution in [2.24, 2.45) is 5.41 Å². The van der Waals surface area contributed by atoms with Crippen molar-refractivity contribution in [3.8, 4) is 0 Å². The normalized spacial score (nSPS) is 33.5. The third kappa shape index (κ3) is 3.54. The van der Waals surface area contributed by atoms with Crippen molar-refractivity contribution < 1.29 is 24.2 Å². The Labute approximate surface area is 119 Å². The Kier molecular flexibility index (Phi) is 4.54. The van der Waals surface area contributed by atoms with E-state index < -0.39 is 34.7 Å². The largest absolute Gasteiger partial charge is 0.462 e. The van der Waals surface area contributed by atoms with Gasteiger partial charge in [0, 0.05) is 18.8 Å². The molecule has 1 rings (SSSR count). The average Bonchev–Trinajstić information content (AvgIpc) is 2.25. The van der Waals surface area contributed by atoms with Crippen LogP contribution in [0.1, 0.15) is 47.5 Å². The van der Waals surface area contributed by atoms with E-state index in [9.17, 15) is 19.5 Å². The van der Waals surface area contributed by atoms with Gasteiger partial charge in [-0.05, 0) is 19.4 Å². The molecule has 0 saturated heterocycles. The highest BCUT2D eigenvalue weighted by atomic mass is 16.5. The van der Waals surface area contributed by atoms with E-state index in [0.29, 0.717) is 5.57 Å². The number of esters is 1. The molecule has 5 heteroatoms. The SMILES string of the molecule is CC(=O)O[C@@H]1CC(=O)C(=O)/C(C)=C\C(C)(C)[C@](C)(O)C1. The summed E-state index contributed by atoms with van der Waals surface area (Å²) in [5, 5.41) is 10.6. The van der Waals surface area contributed by atoms with Crippen molar-refractivity contribution in [3.05, 3.63) is 11.6 Å². The summed E-state index contributed by atoms with van der Waals surface area (Å²) in [6.07, 6.45) is 0.722. The number of rotatable bonds is 1. The van der Waals surface area contributed by atoms with Gasteiger partial charge in [-0.25, -0.2) is 0 Å². The average molecular weight is 282 g/mol. The summed E-state index contributed by atoms with van der Waals surface area (Å²) in [4.78, 5) is 34.9. The summed E-state index contributed by atoms with van der Waals surface area (Å²) in [5.74, 6) is -1.72. The van der Waals surface area contributed by atoms with Crippen LogP contribution in [0.3, 0.4) is 0 Å². The van der Waals surface area contributed by atoms with Crippen LogP contribution in [-0.4, -0.2) is 34.3 Å². The Morgan fingerprint density at radius 2 is 1.90 bits per heavy atom. The van der Waals surface area contributed by atoms with Gasteiger partial charge < -0.3 is 9.84 Å². The summed E-state index contributed by atoms with van der Waals surface area (Å²) in [7, 11) is 0. The van der Waals surface area contributed by atoms with Crippen LogP contribution in [0.2, 0.25) is 0 Å². The second-order valence-electron chi connectivity index (χ2n) is 6.21. The summed E-state index contributed by atoms with van der Waals surface area (Å²) >= 11 is 0. The highest BCUT2D eigenvalue weighted by Crippen LogP contribution is 2.38. The zero-order valence-corrected chi connectivity index (χ0v) is 12.6. The smallest absolute Gasteiger partial charge is 0.302 e. The Morgan fingerprint density at radius 3 is 2.40 bits per heavy atom. The molecule has 0 spiro atoms. The molecular formula is C15H22O5. The Morgan fingerprint density at radius 1 is 1.35 bits per heavy atom. The molecule has 2 atom stereocenters. The molecule has 0 radical (unpaired) electrons. The fourth-order valence-electron chi connectivity index (χ4n) is 2.38. The molecule has 0 saturated carbocycles. The minimum Gasteiger partial charge on any atom is -0.462 e. The van der Waals surface area contributed by atoms with E-state index in [0.717, 1.165) is 0 Å². The van der Waals surface area contributed by atoms with Crippen molar-refractivity contribution in [1.82, 2.24) is 0 Å². The predicted octanol–water partition coefficient (Wildman–Crippen LogP) is 1.57. The number of aliphatic hydroxyl groups is 1. The zero-order valence-electron chi connectivity index (χ0n) is 12.6. The van der Waals surface area contributed by atoms with Gasteiger partial charge in [0.2, 0.25) is 11.6 Å². The number of Topliss-reactive ketones (excluding diaryl/α,β-unsaturated/α-hetero) is 2. The molecule has 1 N–H and O–H groups in total. The van der Waals surface area contributed by atoms with Crippen molar-refractivity contribution in [2.75, 3.05) is 0 Å². The first kappa shape index (κ1) is 16.6. The number of ether oxygens (including phenoxy) is 1. The van der Waals surface area contributed by atoms with Gasteiger partial charge in [-0.2, -0.15) is 0 Å².